The number of benzene rings is 1. The van der Waals surface area contributed by atoms with Crippen molar-refractivity contribution in [3.8, 4) is 0 Å². The monoisotopic (exact) mass is 220 g/mol. The van der Waals surface area contributed by atoms with Crippen LogP contribution < -0.4 is 5.73 Å². The SMILES string of the molecule is CN1CCC(c2ccc(N)cc2CO)CC1. The number of anilines is 1. The summed E-state index contributed by atoms with van der Waals surface area (Å²) in [5, 5.41) is 9.36. The summed E-state index contributed by atoms with van der Waals surface area (Å²) in [5.41, 5.74) is 8.75. The lowest BCUT2D eigenvalue weighted by Crippen LogP contribution is -2.29. The van der Waals surface area contributed by atoms with Crippen LogP contribution in [0.1, 0.15) is 29.9 Å². The van der Waals surface area contributed by atoms with Gasteiger partial charge >= 0.3 is 0 Å². The molecule has 2 rings (SSSR count). The summed E-state index contributed by atoms with van der Waals surface area (Å²) in [5.74, 6) is 0.582. The van der Waals surface area contributed by atoms with Crippen LogP contribution in [0.15, 0.2) is 18.2 Å². The first-order valence-corrected chi connectivity index (χ1v) is 5.88. The molecule has 1 aromatic carbocycles. The van der Waals surface area contributed by atoms with Crippen molar-refractivity contribution in [3.05, 3.63) is 29.3 Å². The minimum absolute atomic E-state index is 0.0900. The fraction of sp³-hybridized carbons (Fsp3) is 0.538. The average Bonchev–Trinajstić information content (AvgIpc) is 2.30. The molecule has 0 bridgehead atoms. The van der Waals surface area contributed by atoms with Crippen LogP contribution >= 0.6 is 0 Å². The molecule has 88 valence electrons. The number of likely N-dealkylation sites (tertiary alicyclic amines) is 1. The molecule has 1 heterocycles. The Morgan fingerprint density at radius 3 is 2.69 bits per heavy atom. The van der Waals surface area contributed by atoms with Gasteiger partial charge in [0, 0.05) is 5.69 Å². The van der Waals surface area contributed by atoms with E-state index in [1.807, 2.05) is 12.1 Å². The molecule has 3 heteroatoms. The van der Waals surface area contributed by atoms with Crippen molar-refractivity contribution in [2.24, 2.45) is 0 Å². The molecule has 3 N–H and O–H groups in total. The van der Waals surface area contributed by atoms with Gasteiger partial charge in [-0.2, -0.15) is 0 Å². The van der Waals surface area contributed by atoms with Crippen LogP contribution in [0.4, 0.5) is 5.69 Å². The summed E-state index contributed by atoms with van der Waals surface area (Å²) < 4.78 is 0. The predicted octanol–water partition coefficient (Wildman–Crippen LogP) is 1.57. The van der Waals surface area contributed by atoms with Gasteiger partial charge in [0.1, 0.15) is 0 Å². The molecule has 1 saturated heterocycles. The summed E-state index contributed by atoms with van der Waals surface area (Å²) in [4.78, 5) is 2.35. The Morgan fingerprint density at radius 2 is 2.06 bits per heavy atom. The Bertz CT molecular complexity index is 357. The zero-order valence-corrected chi connectivity index (χ0v) is 9.82. The third-order valence-corrected chi connectivity index (χ3v) is 3.50. The highest BCUT2D eigenvalue weighted by molar-refractivity contribution is 5.45. The zero-order valence-electron chi connectivity index (χ0n) is 9.82. The van der Waals surface area contributed by atoms with Gasteiger partial charge in [-0.1, -0.05) is 6.07 Å². The van der Waals surface area contributed by atoms with Crippen LogP contribution in [0.25, 0.3) is 0 Å². The average molecular weight is 220 g/mol. The number of hydrogen-bond acceptors (Lipinski definition) is 3. The first-order chi connectivity index (χ1) is 7.70. The number of nitrogens with zero attached hydrogens (tertiary/aromatic N) is 1. The highest BCUT2D eigenvalue weighted by atomic mass is 16.3. The minimum atomic E-state index is 0.0900. The molecule has 1 aliphatic heterocycles. The second-order valence-corrected chi connectivity index (χ2v) is 4.69. The van der Waals surface area contributed by atoms with Crippen molar-refractivity contribution < 1.29 is 5.11 Å². The number of aliphatic hydroxyl groups is 1. The van der Waals surface area contributed by atoms with Crippen LogP contribution in [-0.2, 0) is 6.61 Å². The summed E-state index contributed by atoms with van der Waals surface area (Å²) in [6, 6.07) is 5.91. The molecular weight excluding hydrogens is 200 g/mol. The fourth-order valence-corrected chi connectivity index (χ4v) is 2.48. The van der Waals surface area contributed by atoms with Gasteiger partial charge in [0.2, 0.25) is 0 Å². The number of nitrogen functional groups attached to an aromatic ring is 1. The van der Waals surface area contributed by atoms with Gasteiger partial charge in [0.25, 0.3) is 0 Å². The lowest BCUT2D eigenvalue weighted by atomic mass is 9.86. The highest BCUT2D eigenvalue weighted by Gasteiger charge is 2.20. The van der Waals surface area contributed by atoms with Gasteiger partial charge in [-0.15, -0.1) is 0 Å². The Labute approximate surface area is 96.9 Å². The maximum absolute atomic E-state index is 9.36. The van der Waals surface area contributed by atoms with E-state index in [2.05, 4.69) is 18.0 Å². The lowest BCUT2D eigenvalue weighted by molar-refractivity contribution is 0.249. The third kappa shape index (κ3) is 2.36. The van der Waals surface area contributed by atoms with E-state index in [4.69, 9.17) is 5.73 Å². The zero-order chi connectivity index (χ0) is 11.5. The van der Waals surface area contributed by atoms with E-state index in [9.17, 15) is 5.11 Å². The molecule has 0 aliphatic carbocycles. The van der Waals surface area contributed by atoms with Gasteiger partial charge in [0.15, 0.2) is 0 Å². The number of hydrogen-bond donors (Lipinski definition) is 2. The van der Waals surface area contributed by atoms with Crippen molar-refractivity contribution in [1.82, 2.24) is 4.90 Å². The summed E-state index contributed by atoms with van der Waals surface area (Å²) >= 11 is 0. The second-order valence-electron chi connectivity index (χ2n) is 4.69. The van der Waals surface area contributed by atoms with Crippen LogP contribution in [0.3, 0.4) is 0 Å². The Morgan fingerprint density at radius 1 is 1.38 bits per heavy atom. The van der Waals surface area contributed by atoms with Crippen molar-refractivity contribution in [1.29, 1.82) is 0 Å². The smallest absolute Gasteiger partial charge is 0.0685 e. The van der Waals surface area contributed by atoms with E-state index in [0.717, 1.165) is 24.3 Å². The molecule has 0 aromatic heterocycles. The minimum Gasteiger partial charge on any atom is -0.399 e. The van der Waals surface area contributed by atoms with E-state index in [1.54, 1.807) is 0 Å². The standard InChI is InChI=1S/C13H20N2O/c1-15-6-4-10(5-7-15)13-3-2-12(14)8-11(13)9-16/h2-3,8,10,16H,4-7,9,14H2,1H3. The number of nitrogens with two attached hydrogens (primary N) is 1. The number of aliphatic hydroxyl groups excluding tert-OH is 1. The Balaban J connectivity index is 2.19. The number of piperidine rings is 1. The quantitative estimate of drug-likeness (QED) is 0.744. The molecular formula is C13H20N2O. The van der Waals surface area contributed by atoms with E-state index in [0.29, 0.717) is 5.92 Å². The van der Waals surface area contributed by atoms with Crippen LogP contribution in [0.5, 0.6) is 0 Å². The highest BCUT2D eigenvalue weighted by Crippen LogP contribution is 2.30. The third-order valence-electron chi connectivity index (χ3n) is 3.50. The molecule has 3 nitrogen and oxygen atoms in total. The molecule has 0 unspecified atom stereocenters. The fourth-order valence-electron chi connectivity index (χ4n) is 2.48. The second kappa shape index (κ2) is 4.85. The molecule has 0 saturated carbocycles. The van der Waals surface area contributed by atoms with E-state index in [-0.39, 0.29) is 6.61 Å². The first kappa shape index (κ1) is 11.4. The number of rotatable bonds is 2. The topological polar surface area (TPSA) is 49.5 Å². The largest absolute Gasteiger partial charge is 0.399 e. The van der Waals surface area contributed by atoms with Gasteiger partial charge in [-0.3, -0.25) is 0 Å². The normalized spacial score (nSPS) is 18.9. The molecule has 16 heavy (non-hydrogen) atoms. The maximum Gasteiger partial charge on any atom is 0.0685 e. The Hall–Kier alpha value is -1.06. The summed E-state index contributed by atoms with van der Waals surface area (Å²) in [7, 11) is 2.16. The molecule has 0 atom stereocenters. The van der Waals surface area contributed by atoms with Crippen molar-refractivity contribution in [2.45, 2.75) is 25.4 Å². The molecule has 0 radical (unpaired) electrons. The summed E-state index contributed by atoms with van der Waals surface area (Å²) in [6.07, 6.45) is 2.35. The van der Waals surface area contributed by atoms with E-state index in [1.165, 1.54) is 18.4 Å². The van der Waals surface area contributed by atoms with Crippen molar-refractivity contribution in [2.75, 3.05) is 25.9 Å². The van der Waals surface area contributed by atoms with Crippen LogP contribution in [-0.4, -0.2) is 30.1 Å². The van der Waals surface area contributed by atoms with Crippen molar-refractivity contribution >= 4 is 5.69 Å². The molecule has 0 spiro atoms. The van der Waals surface area contributed by atoms with Crippen molar-refractivity contribution in [3.63, 3.8) is 0 Å². The van der Waals surface area contributed by atoms with E-state index < -0.39 is 0 Å². The molecule has 1 fully saturated rings. The Kier molecular flexibility index (Phi) is 3.46. The van der Waals surface area contributed by atoms with Gasteiger partial charge < -0.3 is 15.7 Å². The van der Waals surface area contributed by atoms with Gasteiger partial charge in [0.05, 0.1) is 6.61 Å². The van der Waals surface area contributed by atoms with Gasteiger partial charge in [-0.25, -0.2) is 0 Å². The molecule has 0 amide bonds. The first-order valence-electron chi connectivity index (χ1n) is 5.88. The van der Waals surface area contributed by atoms with Crippen LogP contribution in [0, 0.1) is 0 Å². The molecule has 1 aliphatic rings. The maximum atomic E-state index is 9.36. The molecule has 1 aromatic rings. The van der Waals surface area contributed by atoms with Crippen LogP contribution in [0.2, 0.25) is 0 Å². The van der Waals surface area contributed by atoms with Gasteiger partial charge in [-0.05, 0) is 62.2 Å². The predicted molar refractivity (Wildman–Crippen MR) is 66.2 cm³/mol. The lowest BCUT2D eigenvalue weighted by Gasteiger charge is -2.30. The van der Waals surface area contributed by atoms with E-state index >= 15 is 0 Å². The summed E-state index contributed by atoms with van der Waals surface area (Å²) in [6.45, 7) is 2.37.